The van der Waals surface area contributed by atoms with Crippen LogP contribution in [0.2, 0.25) is 0 Å². The molecule has 0 N–H and O–H groups in total. The lowest BCUT2D eigenvalue weighted by molar-refractivity contribution is -0.273. The third-order valence-electron chi connectivity index (χ3n) is 5.60. The highest BCUT2D eigenvalue weighted by atomic mass is 16.7. The van der Waals surface area contributed by atoms with Crippen LogP contribution in [0.1, 0.15) is 119 Å². The molecule has 1 atom stereocenters. The van der Waals surface area contributed by atoms with E-state index in [9.17, 15) is 0 Å². The van der Waals surface area contributed by atoms with E-state index >= 15 is 0 Å². The second-order valence-corrected chi connectivity index (χ2v) is 8.89. The molecule has 2 nitrogen and oxygen atoms in total. The van der Waals surface area contributed by atoms with Crippen LogP contribution in [0, 0.1) is 17.8 Å². The van der Waals surface area contributed by atoms with Gasteiger partial charge in [-0.2, -0.15) is 0 Å². The second kappa shape index (κ2) is 15.9. The summed E-state index contributed by atoms with van der Waals surface area (Å²) in [6.45, 7) is 17.5. The molecule has 26 heavy (non-hydrogen) atoms. The summed E-state index contributed by atoms with van der Waals surface area (Å²) in [7, 11) is 0. The van der Waals surface area contributed by atoms with Gasteiger partial charge in [0.25, 0.3) is 0 Å². The molecule has 2 heteroatoms. The lowest BCUT2D eigenvalue weighted by Crippen LogP contribution is -2.44. The zero-order chi connectivity index (χ0) is 19.8. The summed E-state index contributed by atoms with van der Waals surface area (Å²) in [5, 5.41) is 0. The van der Waals surface area contributed by atoms with E-state index in [1.807, 2.05) is 0 Å². The zero-order valence-electron chi connectivity index (χ0n) is 19.2. The Balaban J connectivity index is 4.74. The van der Waals surface area contributed by atoms with E-state index in [0.717, 1.165) is 38.9 Å². The molecular formula is C24H50O2. The van der Waals surface area contributed by atoms with Gasteiger partial charge in [-0.3, -0.25) is 0 Å². The van der Waals surface area contributed by atoms with Gasteiger partial charge in [0.05, 0.1) is 13.2 Å². The summed E-state index contributed by atoms with van der Waals surface area (Å²) in [6, 6.07) is 0. The molecule has 0 spiro atoms. The van der Waals surface area contributed by atoms with Gasteiger partial charge in [-0.15, -0.1) is 0 Å². The highest BCUT2D eigenvalue weighted by Gasteiger charge is 2.38. The number of hydrogen-bond acceptors (Lipinski definition) is 2. The third kappa shape index (κ3) is 11.6. The van der Waals surface area contributed by atoms with E-state index in [-0.39, 0.29) is 5.79 Å². The molecule has 0 aromatic carbocycles. The van der Waals surface area contributed by atoms with Crippen molar-refractivity contribution in [2.45, 2.75) is 125 Å². The molecule has 0 saturated carbocycles. The molecule has 0 aliphatic carbocycles. The Morgan fingerprint density at radius 3 is 1.58 bits per heavy atom. The van der Waals surface area contributed by atoms with E-state index < -0.39 is 0 Å². The van der Waals surface area contributed by atoms with E-state index in [1.54, 1.807) is 0 Å². The summed E-state index contributed by atoms with van der Waals surface area (Å²) in [5.41, 5.74) is 0. The molecule has 0 amide bonds. The SMILES string of the molecule is CCCCCCCCC(CC)C(CC)(OCCC(C)C)OCCC(C)C. The maximum Gasteiger partial charge on any atom is 0.170 e. The molecule has 1 unspecified atom stereocenters. The summed E-state index contributed by atoms with van der Waals surface area (Å²) >= 11 is 0. The first-order valence-corrected chi connectivity index (χ1v) is 11.7. The second-order valence-electron chi connectivity index (χ2n) is 8.89. The molecule has 0 fully saturated rings. The van der Waals surface area contributed by atoms with Crippen molar-refractivity contribution in [2.75, 3.05) is 13.2 Å². The standard InChI is InChI=1S/C24H50O2/c1-8-11-12-13-14-15-16-23(9-2)24(10-3,25-19-17-21(4)5)26-20-18-22(6)7/h21-23H,8-20H2,1-7H3. The molecule has 158 valence electrons. The van der Waals surface area contributed by atoms with Crippen LogP contribution in [-0.4, -0.2) is 19.0 Å². The molecule has 0 aromatic heterocycles. The first-order valence-electron chi connectivity index (χ1n) is 11.7. The van der Waals surface area contributed by atoms with E-state index in [4.69, 9.17) is 9.47 Å². The minimum Gasteiger partial charge on any atom is -0.350 e. The van der Waals surface area contributed by atoms with Gasteiger partial charge in [-0.25, -0.2) is 0 Å². The Kier molecular flexibility index (Phi) is 15.9. The van der Waals surface area contributed by atoms with Gasteiger partial charge >= 0.3 is 0 Å². The van der Waals surface area contributed by atoms with Crippen molar-refractivity contribution >= 4 is 0 Å². The van der Waals surface area contributed by atoms with E-state index in [0.29, 0.717) is 17.8 Å². The molecule has 0 aromatic rings. The van der Waals surface area contributed by atoms with Crippen molar-refractivity contribution in [3.8, 4) is 0 Å². The van der Waals surface area contributed by atoms with Crippen molar-refractivity contribution in [3.05, 3.63) is 0 Å². The molecule has 0 radical (unpaired) electrons. The van der Waals surface area contributed by atoms with Crippen molar-refractivity contribution in [1.82, 2.24) is 0 Å². The van der Waals surface area contributed by atoms with E-state index in [1.165, 1.54) is 44.9 Å². The Morgan fingerprint density at radius 2 is 1.15 bits per heavy atom. The average molecular weight is 371 g/mol. The van der Waals surface area contributed by atoms with Crippen molar-refractivity contribution in [2.24, 2.45) is 17.8 Å². The first-order chi connectivity index (χ1) is 12.4. The number of hydrogen-bond donors (Lipinski definition) is 0. The lowest BCUT2D eigenvalue weighted by atomic mass is 9.87. The van der Waals surface area contributed by atoms with Gasteiger partial charge in [-0.1, -0.05) is 87.0 Å². The lowest BCUT2D eigenvalue weighted by Gasteiger charge is -2.40. The first kappa shape index (κ1) is 25.9. The maximum atomic E-state index is 6.50. The minimum atomic E-state index is -0.373. The van der Waals surface area contributed by atoms with Crippen LogP contribution in [0.25, 0.3) is 0 Å². The Bertz CT molecular complexity index is 285. The number of rotatable bonds is 18. The fourth-order valence-electron chi connectivity index (χ4n) is 3.61. The molecule has 0 saturated heterocycles. The van der Waals surface area contributed by atoms with Gasteiger partial charge < -0.3 is 9.47 Å². The average Bonchev–Trinajstić information content (AvgIpc) is 2.59. The Hall–Kier alpha value is -0.0800. The van der Waals surface area contributed by atoms with Gasteiger partial charge in [0, 0.05) is 5.92 Å². The highest BCUT2D eigenvalue weighted by molar-refractivity contribution is 4.79. The van der Waals surface area contributed by atoms with Crippen LogP contribution in [0.5, 0.6) is 0 Å². The maximum absolute atomic E-state index is 6.50. The molecular weight excluding hydrogens is 320 g/mol. The topological polar surface area (TPSA) is 18.5 Å². The Morgan fingerprint density at radius 1 is 0.654 bits per heavy atom. The Labute approximate surface area is 165 Å². The fourth-order valence-corrected chi connectivity index (χ4v) is 3.61. The van der Waals surface area contributed by atoms with Gasteiger partial charge in [-0.05, 0) is 43.9 Å². The summed E-state index contributed by atoms with van der Waals surface area (Å²) in [6.07, 6.45) is 13.7. The molecule has 0 aliphatic rings. The molecule has 0 rings (SSSR count). The van der Waals surface area contributed by atoms with Gasteiger partial charge in [0.15, 0.2) is 5.79 Å². The normalized spacial score (nSPS) is 13.7. The fraction of sp³-hybridized carbons (Fsp3) is 1.00. The largest absolute Gasteiger partial charge is 0.350 e. The molecule has 0 bridgehead atoms. The predicted octanol–water partition coefficient (Wildman–Crippen LogP) is 7.99. The monoisotopic (exact) mass is 370 g/mol. The van der Waals surface area contributed by atoms with Crippen LogP contribution in [0.3, 0.4) is 0 Å². The number of unbranched alkanes of at least 4 members (excludes halogenated alkanes) is 5. The third-order valence-corrected chi connectivity index (χ3v) is 5.60. The van der Waals surface area contributed by atoms with Crippen molar-refractivity contribution in [3.63, 3.8) is 0 Å². The summed E-state index contributed by atoms with van der Waals surface area (Å²) < 4.78 is 13.0. The summed E-state index contributed by atoms with van der Waals surface area (Å²) in [4.78, 5) is 0. The smallest absolute Gasteiger partial charge is 0.170 e. The van der Waals surface area contributed by atoms with Crippen LogP contribution >= 0.6 is 0 Å². The highest BCUT2D eigenvalue weighted by Crippen LogP contribution is 2.35. The minimum absolute atomic E-state index is 0.373. The van der Waals surface area contributed by atoms with Crippen LogP contribution in [0.15, 0.2) is 0 Å². The summed E-state index contributed by atoms with van der Waals surface area (Å²) in [5.74, 6) is 1.50. The zero-order valence-corrected chi connectivity index (χ0v) is 19.2. The quantitative estimate of drug-likeness (QED) is 0.180. The van der Waals surface area contributed by atoms with Crippen molar-refractivity contribution in [1.29, 1.82) is 0 Å². The molecule has 0 aliphatic heterocycles. The predicted molar refractivity (Wildman–Crippen MR) is 116 cm³/mol. The molecule has 0 heterocycles. The van der Waals surface area contributed by atoms with E-state index in [2.05, 4.69) is 48.5 Å². The van der Waals surface area contributed by atoms with Crippen molar-refractivity contribution < 1.29 is 9.47 Å². The number of ether oxygens (including phenoxy) is 2. The van der Waals surface area contributed by atoms with Crippen LogP contribution in [-0.2, 0) is 9.47 Å². The van der Waals surface area contributed by atoms with Gasteiger partial charge in [0.2, 0.25) is 0 Å². The van der Waals surface area contributed by atoms with Gasteiger partial charge in [0.1, 0.15) is 0 Å². The van der Waals surface area contributed by atoms with Crippen LogP contribution < -0.4 is 0 Å². The van der Waals surface area contributed by atoms with Crippen LogP contribution in [0.4, 0.5) is 0 Å².